The Morgan fingerprint density at radius 2 is 1.62 bits per heavy atom. The molecule has 2 aromatic heterocycles. The van der Waals surface area contributed by atoms with Crippen LogP contribution in [0.5, 0.6) is 5.75 Å². The fourth-order valence-corrected chi connectivity index (χ4v) is 5.44. The van der Waals surface area contributed by atoms with Crippen LogP contribution in [0.25, 0.3) is 27.9 Å². The first-order chi connectivity index (χ1) is 18.4. The zero-order chi connectivity index (χ0) is 28.1. The average molecular weight is 550 g/mol. The molecule has 0 amide bonds. The van der Waals surface area contributed by atoms with Crippen LogP contribution in [0.1, 0.15) is 26.5 Å². The van der Waals surface area contributed by atoms with E-state index in [0.717, 1.165) is 37.6 Å². The van der Waals surface area contributed by atoms with E-state index in [1.54, 1.807) is 43.8 Å². The number of pyridine rings is 1. The number of phenolic OH excluding ortho intramolecular Hbond substituents is 1. The zero-order valence-corrected chi connectivity index (χ0v) is 23.6. The fraction of sp³-hybridized carbons (Fsp3) is 0.333. The third-order valence-electron chi connectivity index (χ3n) is 7.48. The van der Waals surface area contributed by atoms with E-state index in [1.807, 2.05) is 13.0 Å². The highest BCUT2D eigenvalue weighted by Gasteiger charge is 2.27. The Labute approximate surface area is 232 Å². The predicted molar refractivity (Wildman–Crippen MR) is 155 cm³/mol. The van der Waals surface area contributed by atoms with Gasteiger partial charge in [0.15, 0.2) is 0 Å². The normalized spacial score (nSPS) is 14.7. The minimum atomic E-state index is -0.488. The quantitative estimate of drug-likeness (QED) is 0.357. The summed E-state index contributed by atoms with van der Waals surface area (Å²) in [6.07, 6.45) is 4.94. The van der Waals surface area contributed by atoms with Gasteiger partial charge in [-0.05, 0) is 63.6 Å². The number of phenols is 1. The summed E-state index contributed by atoms with van der Waals surface area (Å²) in [5, 5.41) is 11.6. The van der Waals surface area contributed by atoms with E-state index >= 15 is 0 Å². The van der Waals surface area contributed by atoms with Crippen molar-refractivity contribution < 1.29 is 9.50 Å². The van der Waals surface area contributed by atoms with Crippen molar-refractivity contribution in [1.82, 2.24) is 19.0 Å². The number of imidazole rings is 1. The SMILES string of the molecule is Cc1ncc(-c2cc(F)cc(-c3ccc(-n4ccn(C)c4=O)c(Cl)c3)c2O)cc1N1CCN(C(C)(C)C)CC1. The molecule has 1 aliphatic heterocycles. The third-order valence-corrected chi connectivity index (χ3v) is 7.78. The summed E-state index contributed by atoms with van der Waals surface area (Å²) in [5.41, 5.74) is 4.07. The minimum absolute atomic E-state index is 0.0637. The Morgan fingerprint density at radius 3 is 2.21 bits per heavy atom. The summed E-state index contributed by atoms with van der Waals surface area (Å²) in [6.45, 7) is 12.2. The first-order valence-electron chi connectivity index (χ1n) is 13.0. The fourth-order valence-electron chi connectivity index (χ4n) is 5.16. The van der Waals surface area contributed by atoms with Crippen molar-refractivity contribution in [2.45, 2.75) is 33.2 Å². The topological polar surface area (TPSA) is 66.5 Å². The molecule has 1 saturated heterocycles. The van der Waals surface area contributed by atoms with Crippen LogP contribution in [0.3, 0.4) is 0 Å². The van der Waals surface area contributed by atoms with Crippen LogP contribution < -0.4 is 10.6 Å². The number of hydrogen-bond donors (Lipinski definition) is 1. The molecule has 39 heavy (non-hydrogen) atoms. The molecule has 1 fully saturated rings. The third kappa shape index (κ3) is 5.18. The van der Waals surface area contributed by atoms with Gasteiger partial charge in [-0.1, -0.05) is 17.7 Å². The van der Waals surface area contributed by atoms with Crippen molar-refractivity contribution in [1.29, 1.82) is 0 Å². The van der Waals surface area contributed by atoms with Crippen molar-refractivity contribution in [2.75, 3.05) is 31.1 Å². The van der Waals surface area contributed by atoms with Crippen molar-refractivity contribution in [3.05, 3.63) is 82.0 Å². The minimum Gasteiger partial charge on any atom is -0.507 e. The molecule has 3 heterocycles. The van der Waals surface area contributed by atoms with Crippen LogP contribution in [-0.2, 0) is 7.05 Å². The van der Waals surface area contributed by atoms with E-state index in [9.17, 15) is 14.3 Å². The van der Waals surface area contributed by atoms with Gasteiger partial charge in [-0.2, -0.15) is 0 Å². The van der Waals surface area contributed by atoms with Crippen molar-refractivity contribution in [3.63, 3.8) is 0 Å². The van der Waals surface area contributed by atoms with Gasteiger partial charge in [-0.25, -0.2) is 9.18 Å². The molecule has 1 aliphatic rings. The number of rotatable bonds is 4. The number of hydrogen-bond acceptors (Lipinski definition) is 5. The summed E-state index contributed by atoms with van der Waals surface area (Å²) in [7, 11) is 1.66. The van der Waals surface area contributed by atoms with E-state index in [-0.39, 0.29) is 17.0 Å². The lowest BCUT2D eigenvalue weighted by molar-refractivity contribution is 0.128. The Bertz CT molecular complexity index is 1600. The maximum Gasteiger partial charge on any atom is 0.332 e. The molecule has 0 radical (unpaired) electrons. The molecular formula is C30H33ClFN5O2. The van der Waals surface area contributed by atoms with Crippen LogP contribution in [0, 0.1) is 12.7 Å². The zero-order valence-electron chi connectivity index (χ0n) is 22.9. The molecule has 1 N–H and O–H groups in total. The van der Waals surface area contributed by atoms with Gasteiger partial charge in [0, 0.05) is 74.0 Å². The highest BCUT2D eigenvalue weighted by molar-refractivity contribution is 6.32. The van der Waals surface area contributed by atoms with Crippen LogP contribution in [0.4, 0.5) is 10.1 Å². The number of aromatic nitrogens is 3. The monoisotopic (exact) mass is 549 g/mol. The molecule has 0 atom stereocenters. The molecule has 9 heteroatoms. The molecule has 204 valence electrons. The Kier molecular flexibility index (Phi) is 7.03. The van der Waals surface area contributed by atoms with Crippen LogP contribution in [0.2, 0.25) is 5.02 Å². The molecule has 4 aromatic rings. The van der Waals surface area contributed by atoms with Gasteiger partial charge in [0.25, 0.3) is 0 Å². The van der Waals surface area contributed by atoms with Gasteiger partial charge in [-0.15, -0.1) is 0 Å². The molecule has 0 spiro atoms. The lowest BCUT2D eigenvalue weighted by atomic mass is 9.97. The van der Waals surface area contributed by atoms with Gasteiger partial charge in [0.05, 0.1) is 22.1 Å². The predicted octanol–water partition coefficient (Wildman–Crippen LogP) is 5.63. The second-order valence-electron chi connectivity index (χ2n) is 11.1. The van der Waals surface area contributed by atoms with E-state index in [0.29, 0.717) is 33.0 Å². The van der Waals surface area contributed by atoms with Gasteiger partial charge in [-0.3, -0.25) is 14.5 Å². The highest BCUT2D eigenvalue weighted by Crippen LogP contribution is 2.41. The van der Waals surface area contributed by atoms with Gasteiger partial charge in [0.2, 0.25) is 0 Å². The second-order valence-corrected chi connectivity index (χ2v) is 11.5. The Balaban J connectivity index is 1.50. The number of aromatic hydroxyl groups is 1. The standard InChI is InChI=1S/C30H33ClFN5O2/c1-19-27(35-9-11-36(12-10-35)30(2,3)4)15-21(18-33-19)24-17-22(32)16-23(28(24)38)20-6-7-26(25(31)14-20)37-13-8-34(5)29(37)39/h6-8,13-18,38H,9-12H2,1-5H3. The number of piperazine rings is 1. The summed E-state index contributed by atoms with van der Waals surface area (Å²) in [5.74, 6) is -0.551. The summed E-state index contributed by atoms with van der Waals surface area (Å²) >= 11 is 6.54. The van der Waals surface area contributed by atoms with Crippen LogP contribution in [-0.4, -0.2) is 55.8 Å². The number of nitrogens with zero attached hydrogens (tertiary/aromatic N) is 5. The first-order valence-corrected chi connectivity index (χ1v) is 13.4. The van der Waals surface area contributed by atoms with Crippen molar-refractivity contribution in [3.8, 4) is 33.7 Å². The van der Waals surface area contributed by atoms with Crippen LogP contribution >= 0.6 is 11.6 Å². The Hall–Kier alpha value is -3.62. The average Bonchev–Trinajstić information content (AvgIpc) is 3.22. The van der Waals surface area contributed by atoms with E-state index in [4.69, 9.17) is 11.6 Å². The molecule has 0 saturated carbocycles. The molecular weight excluding hydrogens is 517 g/mol. The number of halogens is 2. The van der Waals surface area contributed by atoms with Crippen molar-refractivity contribution >= 4 is 17.3 Å². The second kappa shape index (κ2) is 10.2. The molecule has 5 rings (SSSR count). The summed E-state index contributed by atoms with van der Waals surface area (Å²) < 4.78 is 17.8. The van der Waals surface area contributed by atoms with E-state index < -0.39 is 5.82 Å². The maximum absolute atomic E-state index is 14.9. The van der Waals surface area contributed by atoms with Gasteiger partial charge >= 0.3 is 5.69 Å². The van der Waals surface area contributed by atoms with Gasteiger partial charge < -0.3 is 14.6 Å². The molecule has 7 nitrogen and oxygen atoms in total. The van der Waals surface area contributed by atoms with E-state index in [2.05, 4.69) is 35.6 Å². The summed E-state index contributed by atoms with van der Waals surface area (Å²) in [6, 6.07) is 9.62. The maximum atomic E-state index is 14.9. The molecule has 2 aromatic carbocycles. The highest BCUT2D eigenvalue weighted by atomic mass is 35.5. The smallest absolute Gasteiger partial charge is 0.332 e. The van der Waals surface area contributed by atoms with Crippen molar-refractivity contribution in [2.24, 2.45) is 7.05 Å². The van der Waals surface area contributed by atoms with E-state index in [1.165, 1.54) is 21.3 Å². The van der Waals surface area contributed by atoms with Gasteiger partial charge in [0.1, 0.15) is 11.6 Å². The molecule has 0 aliphatic carbocycles. The van der Waals surface area contributed by atoms with Crippen LogP contribution in [0.15, 0.2) is 59.8 Å². The number of benzene rings is 2. The molecule has 0 unspecified atom stereocenters. The Morgan fingerprint density at radius 1 is 0.949 bits per heavy atom. The summed E-state index contributed by atoms with van der Waals surface area (Å²) in [4.78, 5) is 21.7. The largest absolute Gasteiger partial charge is 0.507 e. The lowest BCUT2D eigenvalue weighted by Gasteiger charge is -2.43. The molecule has 0 bridgehead atoms. The first kappa shape index (κ1) is 27.0. The lowest BCUT2D eigenvalue weighted by Crippen LogP contribution is -2.53. The number of anilines is 1. The number of aryl methyl sites for hydroxylation is 2.